The van der Waals surface area contributed by atoms with Crippen molar-refractivity contribution in [3.8, 4) is 10.4 Å². The van der Waals surface area contributed by atoms with Gasteiger partial charge in [-0.15, -0.1) is 11.3 Å². The highest BCUT2D eigenvalue weighted by Gasteiger charge is 2.26. The number of fused-ring (bicyclic) bond motifs is 1. The standard InChI is InChI=1S/C24H28N8O4S/c1-14-8-31(10-18(13-33)36-14)12-22(34)28-17-4-20(15(2)25-6-17)29-23(35)19-7-27-32-11-21(37-24(19)32)16-5-26-30(3)9-16/h4-7,9,11,14,18,33H,8,10,12-13H2,1-3H3,(H,28,34)(H,29,35)/t14-,18-/m0/s1. The van der Waals surface area contributed by atoms with Crippen molar-refractivity contribution >= 4 is 39.4 Å². The minimum atomic E-state index is -0.319. The summed E-state index contributed by atoms with van der Waals surface area (Å²) in [6, 6.07) is 1.69. The van der Waals surface area contributed by atoms with E-state index in [0.717, 1.165) is 10.4 Å². The zero-order chi connectivity index (χ0) is 26.1. The molecule has 4 aromatic rings. The molecule has 3 N–H and O–H groups in total. The Morgan fingerprint density at radius 2 is 2.03 bits per heavy atom. The number of aliphatic hydroxyl groups is 1. The van der Waals surface area contributed by atoms with Crippen molar-refractivity contribution in [2.75, 3.05) is 36.9 Å². The van der Waals surface area contributed by atoms with Crippen LogP contribution in [0.4, 0.5) is 11.4 Å². The van der Waals surface area contributed by atoms with E-state index in [4.69, 9.17) is 4.74 Å². The van der Waals surface area contributed by atoms with Crippen LogP contribution in [-0.2, 0) is 16.6 Å². The van der Waals surface area contributed by atoms with Crippen molar-refractivity contribution in [1.82, 2.24) is 29.3 Å². The van der Waals surface area contributed by atoms with E-state index in [0.29, 0.717) is 40.6 Å². The second-order valence-corrected chi connectivity index (χ2v) is 10.1. The van der Waals surface area contributed by atoms with Gasteiger partial charge in [-0.1, -0.05) is 0 Å². The molecule has 0 radical (unpaired) electrons. The molecular formula is C24H28N8O4S. The maximum absolute atomic E-state index is 13.1. The number of aliphatic hydroxyl groups excluding tert-OH is 1. The maximum atomic E-state index is 13.1. The van der Waals surface area contributed by atoms with Gasteiger partial charge in [-0.25, -0.2) is 4.52 Å². The van der Waals surface area contributed by atoms with Crippen LogP contribution in [0.3, 0.4) is 0 Å². The van der Waals surface area contributed by atoms with Gasteiger partial charge in [0.1, 0.15) is 4.83 Å². The zero-order valence-corrected chi connectivity index (χ0v) is 21.5. The van der Waals surface area contributed by atoms with Crippen LogP contribution >= 0.6 is 11.3 Å². The molecule has 37 heavy (non-hydrogen) atoms. The smallest absolute Gasteiger partial charge is 0.260 e. The molecular weight excluding hydrogens is 496 g/mol. The number of pyridine rings is 1. The number of thiazole rings is 1. The number of hydrogen-bond donors (Lipinski definition) is 3. The predicted molar refractivity (Wildman–Crippen MR) is 139 cm³/mol. The number of aryl methyl sites for hydroxylation is 2. The SMILES string of the molecule is Cc1ncc(NC(=O)CN2C[C@@H](CO)O[C@@H](C)C2)cc1NC(=O)c1cnn2cc(-c3cnn(C)c3)sc12. The normalized spacial score (nSPS) is 18.3. The fourth-order valence-electron chi connectivity index (χ4n) is 4.32. The molecule has 0 aromatic carbocycles. The molecule has 1 fully saturated rings. The molecule has 1 aliphatic rings. The molecule has 13 heteroatoms. The zero-order valence-electron chi connectivity index (χ0n) is 20.7. The highest BCUT2D eigenvalue weighted by atomic mass is 32.1. The van der Waals surface area contributed by atoms with Crippen molar-refractivity contribution in [1.29, 1.82) is 0 Å². The fourth-order valence-corrected chi connectivity index (χ4v) is 5.35. The number of aromatic nitrogens is 5. The van der Waals surface area contributed by atoms with Gasteiger partial charge in [0.15, 0.2) is 0 Å². The molecule has 194 valence electrons. The summed E-state index contributed by atoms with van der Waals surface area (Å²) in [4.78, 5) is 33.8. The third kappa shape index (κ3) is 5.54. The highest BCUT2D eigenvalue weighted by Crippen LogP contribution is 2.30. The number of ether oxygens (including phenoxy) is 1. The van der Waals surface area contributed by atoms with Crippen LogP contribution < -0.4 is 10.6 Å². The molecule has 0 bridgehead atoms. The Morgan fingerprint density at radius 1 is 1.19 bits per heavy atom. The van der Waals surface area contributed by atoms with Crippen LogP contribution in [0.25, 0.3) is 15.3 Å². The third-order valence-corrected chi connectivity index (χ3v) is 7.18. The Labute approximate surface area is 216 Å². The molecule has 2 amide bonds. The molecule has 0 aliphatic carbocycles. The van der Waals surface area contributed by atoms with E-state index in [1.54, 1.807) is 34.6 Å². The van der Waals surface area contributed by atoms with Gasteiger partial charge in [-0.2, -0.15) is 10.2 Å². The van der Waals surface area contributed by atoms with Gasteiger partial charge in [-0.3, -0.25) is 24.2 Å². The number of carbonyl (C=O) groups is 2. The van der Waals surface area contributed by atoms with Gasteiger partial charge >= 0.3 is 0 Å². The average Bonchev–Trinajstić information content (AvgIpc) is 3.56. The number of hydrogen-bond acceptors (Lipinski definition) is 9. The summed E-state index contributed by atoms with van der Waals surface area (Å²) in [5, 5.41) is 23.7. The van der Waals surface area contributed by atoms with Crippen molar-refractivity contribution in [3.63, 3.8) is 0 Å². The first-order valence-electron chi connectivity index (χ1n) is 11.8. The predicted octanol–water partition coefficient (Wildman–Crippen LogP) is 1.77. The first-order chi connectivity index (χ1) is 17.8. The molecule has 0 unspecified atom stereocenters. The van der Waals surface area contributed by atoms with Crippen LogP contribution in [0.2, 0.25) is 0 Å². The largest absolute Gasteiger partial charge is 0.394 e. The number of carbonyl (C=O) groups excluding carboxylic acids is 2. The Morgan fingerprint density at radius 3 is 2.78 bits per heavy atom. The van der Waals surface area contributed by atoms with E-state index >= 15 is 0 Å². The van der Waals surface area contributed by atoms with Gasteiger partial charge in [-0.05, 0) is 19.9 Å². The number of amides is 2. The molecule has 0 spiro atoms. The monoisotopic (exact) mass is 524 g/mol. The summed E-state index contributed by atoms with van der Waals surface area (Å²) in [6.07, 6.45) is 8.26. The number of nitrogens with one attached hydrogen (secondary N) is 2. The van der Waals surface area contributed by atoms with Crippen LogP contribution in [0.1, 0.15) is 23.0 Å². The minimum Gasteiger partial charge on any atom is -0.394 e. The van der Waals surface area contributed by atoms with Gasteiger partial charge < -0.3 is 20.5 Å². The van der Waals surface area contributed by atoms with Gasteiger partial charge in [0, 0.05) is 38.1 Å². The second-order valence-electron chi connectivity index (χ2n) is 9.11. The Kier molecular flexibility index (Phi) is 7.02. The van der Waals surface area contributed by atoms with Gasteiger partial charge in [0.25, 0.3) is 5.91 Å². The van der Waals surface area contributed by atoms with Crippen LogP contribution in [-0.4, -0.2) is 84.6 Å². The lowest BCUT2D eigenvalue weighted by atomic mass is 10.2. The number of nitrogens with zero attached hydrogens (tertiary/aromatic N) is 6. The highest BCUT2D eigenvalue weighted by molar-refractivity contribution is 7.21. The van der Waals surface area contributed by atoms with E-state index in [-0.39, 0.29) is 37.2 Å². The van der Waals surface area contributed by atoms with Crippen molar-refractivity contribution in [2.24, 2.45) is 7.05 Å². The third-order valence-electron chi connectivity index (χ3n) is 6.02. The first-order valence-corrected chi connectivity index (χ1v) is 12.6. The van der Waals surface area contributed by atoms with E-state index in [1.165, 1.54) is 17.5 Å². The molecule has 5 rings (SSSR count). The van der Waals surface area contributed by atoms with Crippen molar-refractivity contribution in [2.45, 2.75) is 26.1 Å². The Hall–Kier alpha value is -3.65. The van der Waals surface area contributed by atoms with E-state index in [9.17, 15) is 14.7 Å². The van der Waals surface area contributed by atoms with Gasteiger partial charge in [0.2, 0.25) is 5.91 Å². The lowest BCUT2D eigenvalue weighted by molar-refractivity contribution is -0.124. The summed E-state index contributed by atoms with van der Waals surface area (Å²) >= 11 is 1.45. The number of anilines is 2. The lowest BCUT2D eigenvalue weighted by Crippen LogP contribution is -2.50. The minimum absolute atomic E-state index is 0.0688. The molecule has 4 aromatic heterocycles. The van der Waals surface area contributed by atoms with E-state index < -0.39 is 0 Å². The van der Waals surface area contributed by atoms with Crippen LogP contribution in [0, 0.1) is 6.92 Å². The summed E-state index contributed by atoms with van der Waals surface area (Å²) < 4.78 is 9.03. The number of rotatable bonds is 7. The Bertz CT molecular complexity index is 1440. The summed E-state index contributed by atoms with van der Waals surface area (Å²) in [7, 11) is 1.85. The summed E-state index contributed by atoms with van der Waals surface area (Å²) in [5.74, 6) is -0.533. The molecule has 0 saturated carbocycles. The number of morpholine rings is 1. The van der Waals surface area contributed by atoms with E-state index in [2.05, 4.69) is 25.8 Å². The quantitative estimate of drug-likeness (QED) is 0.333. The molecule has 1 saturated heterocycles. The molecule has 12 nitrogen and oxygen atoms in total. The topological polar surface area (TPSA) is 139 Å². The summed E-state index contributed by atoms with van der Waals surface area (Å²) in [5.41, 5.74) is 2.97. The maximum Gasteiger partial charge on any atom is 0.260 e. The second kappa shape index (κ2) is 10.4. The van der Waals surface area contributed by atoms with Crippen LogP contribution in [0.5, 0.6) is 0 Å². The van der Waals surface area contributed by atoms with Crippen LogP contribution in [0.15, 0.2) is 37.1 Å². The summed E-state index contributed by atoms with van der Waals surface area (Å²) in [6.45, 7) is 4.84. The Balaban J connectivity index is 1.27. The molecule has 1 aliphatic heterocycles. The molecule has 2 atom stereocenters. The van der Waals surface area contributed by atoms with E-state index in [1.807, 2.05) is 31.3 Å². The fraction of sp³-hybridized carbons (Fsp3) is 0.375. The average molecular weight is 525 g/mol. The molecule has 5 heterocycles. The van der Waals surface area contributed by atoms with Crippen molar-refractivity contribution < 1.29 is 19.4 Å². The van der Waals surface area contributed by atoms with Crippen molar-refractivity contribution in [3.05, 3.63) is 48.3 Å². The van der Waals surface area contributed by atoms with Gasteiger partial charge in [0.05, 0.1) is 71.5 Å². The lowest BCUT2D eigenvalue weighted by Gasteiger charge is -2.35. The first kappa shape index (κ1) is 25.0.